The maximum Gasteiger partial charge on any atom is 0.253 e. The van der Waals surface area contributed by atoms with Crippen LogP contribution in [0.1, 0.15) is 0 Å². The van der Waals surface area contributed by atoms with Crippen LogP contribution in [0, 0.1) is 0 Å². The molecule has 0 aliphatic carbocycles. The lowest BCUT2D eigenvalue weighted by Crippen LogP contribution is -1.96. The third kappa shape index (κ3) is 2.64. The van der Waals surface area contributed by atoms with Crippen LogP contribution in [0.4, 0.5) is 0 Å². The van der Waals surface area contributed by atoms with Gasteiger partial charge in [0.25, 0.3) is 5.78 Å². The van der Waals surface area contributed by atoms with Crippen molar-refractivity contribution >= 4 is 17.1 Å². The highest BCUT2D eigenvalue weighted by Crippen LogP contribution is 2.40. The molecular formula is C18H16N4O3S. The summed E-state index contributed by atoms with van der Waals surface area (Å²) in [6.45, 7) is 0. The van der Waals surface area contributed by atoms with Crippen molar-refractivity contribution < 1.29 is 14.2 Å². The molecule has 1 aromatic carbocycles. The standard InChI is InChI=1S/C18H16N4O3S/c1-23-13-9-11(10-14(24-2)16(13)25-3)17-20-18-19-7-6-12(22(18)21-17)15-5-4-8-26-15/h4-10H,1-3H3. The topological polar surface area (TPSA) is 70.8 Å². The molecule has 0 N–H and O–H groups in total. The van der Waals surface area contributed by atoms with Gasteiger partial charge in [-0.3, -0.25) is 0 Å². The van der Waals surface area contributed by atoms with E-state index in [-0.39, 0.29) is 0 Å². The maximum atomic E-state index is 5.42. The number of ether oxygens (including phenoxy) is 3. The van der Waals surface area contributed by atoms with Gasteiger partial charge in [-0.1, -0.05) is 6.07 Å². The zero-order valence-corrected chi connectivity index (χ0v) is 15.3. The average molecular weight is 368 g/mol. The van der Waals surface area contributed by atoms with Crippen LogP contribution in [0.5, 0.6) is 17.2 Å². The fraction of sp³-hybridized carbons (Fsp3) is 0.167. The summed E-state index contributed by atoms with van der Waals surface area (Å²) in [5.74, 6) is 2.68. The van der Waals surface area contributed by atoms with E-state index in [9.17, 15) is 0 Å². The predicted octanol–water partition coefficient (Wildman–Crippen LogP) is 3.55. The van der Waals surface area contributed by atoms with Crippen molar-refractivity contribution in [2.24, 2.45) is 0 Å². The van der Waals surface area contributed by atoms with Crippen LogP contribution in [0.3, 0.4) is 0 Å². The number of nitrogens with zero attached hydrogens (tertiary/aromatic N) is 4. The molecule has 0 spiro atoms. The highest BCUT2D eigenvalue weighted by molar-refractivity contribution is 7.13. The summed E-state index contributed by atoms with van der Waals surface area (Å²) in [7, 11) is 4.73. The Bertz CT molecular complexity index is 1030. The molecule has 0 saturated heterocycles. The van der Waals surface area contributed by atoms with Crippen LogP contribution in [0.2, 0.25) is 0 Å². The van der Waals surface area contributed by atoms with Crippen molar-refractivity contribution in [3.63, 3.8) is 0 Å². The minimum Gasteiger partial charge on any atom is -0.493 e. The number of aromatic nitrogens is 4. The van der Waals surface area contributed by atoms with E-state index in [1.807, 2.05) is 35.7 Å². The first kappa shape index (κ1) is 16.3. The molecule has 0 unspecified atom stereocenters. The number of methoxy groups -OCH3 is 3. The van der Waals surface area contributed by atoms with Crippen LogP contribution in [-0.2, 0) is 0 Å². The Labute approximate surface area is 153 Å². The molecule has 0 saturated carbocycles. The number of hydrogen-bond acceptors (Lipinski definition) is 7. The maximum absolute atomic E-state index is 5.42. The number of thiophene rings is 1. The number of fused-ring (bicyclic) bond motifs is 1. The summed E-state index contributed by atoms with van der Waals surface area (Å²) >= 11 is 1.64. The van der Waals surface area contributed by atoms with E-state index in [0.717, 1.165) is 16.1 Å². The molecule has 0 amide bonds. The Morgan fingerprint density at radius 1 is 1.00 bits per heavy atom. The molecule has 26 heavy (non-hydrogen) atoms. The molecule has 0 fully saturated rings. The van der Waals surface area contributed by atoms with Gasteiger partial charge in [-0.25, -0.2) is 4.98 Å². The van der Waals surface area contributed by atoms with Gasteiger partial charge < -0.3 is 14.2 Å². The second kappa shape index (κ2) is 6.64. The van der Waals surface area contributed by atoms with Gasteiger partial charge in [-0.2, -0.15) is 9.50 Å². The first-order chi connectivity index (χ1) is 12.7. The third-order valence-corrected chi connectivity index (χ3v) is 4.83. The Kier molecular flexibility index (Phi) is 4.18. The Morgan fingerprint density at radius 2 is 1.77 bits per heavy atom. The summed E-state index contributed by atoms with van der Waals surface area (Å²) in [5, 5.41) is 6.67. The fourth-order valence-corrected chi connectivity index (χ4v) is 3.47. The molecule has 132 valence electrons. The predicted molar refractivity (Wildman–Crippen MR) is 99.2 cm³/mol. The van der Waals surface area contributed by atoms with Gasteiger partial charge in [-0.05, 0) is 29.6 Å². The van der Waals surface area contributed by atoms with Gasteiger partial charge in [0.2, 0.25) is 5.75 Å². The molecule has 0 radical (unpaired) electrons. The minimum absolute atomic E-state index is 0.527. The van der Waals surface area contributed by atoms with E-state index in [4.69, 9.17) is 14.2 Å². The van der Waals surface area contributed by atoms with Gasteiger partial charge in [0, 0.05) is 11.8 Å². The second-order valence-corrected chi connectivity index (χ2v) is 6.32. The smallest absolute Gasteiger partial charge is 0.253 e. The van der Waals surface area contributed by atoms with Crippen molar-refractivity contribution in [3.05, 3.63) is 41.9 Å². The van der Waals surface area contributed by atoms with Crippen LogP contribution >= 0.6 is 11.3 Å². The highest BCUT2D eigenvalue weighted by Gasteiger charge is 2.18. The number of hydrogen-bond donors (Lipinski definition) is 0. The van der Waals surface area contributed by atoms with Crippen molar-refractivity contribution in [2.75, 3.05) is 21.3 Å². The SMILES string of the molecule is COc1cc(-c2nc3nccc(-c4cccs4)n3n2)cc(OC)c1OC. The van der Waals surface area contributed by atoms with E-state index < -0.39 is 0 Å². The van der Waals surface area contributed by atoms with Gasteiger partial charge >= 0.3 is 0 Å². The lowest BCUT2D eigenvalue weighted by atomic mass is 10.1. The summed E-state index contributed by atoms with van der Waals surface area (Å²) in [6, 6.07) is 9.61. The minimum atomic E-state index is 0.527. The number of rotatable bonds is 5. The van der Waals surface area contributed by atoms with Crippen molar-refractivity contribution in [1.29, 1.82) is 0 Å². The lowest BCUT2D eigenvalue weighted by Gasteiger charge is -2.12. The fourth-order valence-electron chi connectivity index (χ4n) is 2.74. The second-order valence-electron chi connectivity index (χ2n) is 5.37. The first-order valence-electron chi connectivity index (χ1n) is 7.81. The molecule has 3 heterocycles. The molecular weight excluding hydrogens is 352 g/mol. The molecule has 3 aromatic heterocycles. The lowest BCUT2D eigenvalue weighted by molar-refractivity contribution is 0.324. The molecule has 0 aliphatic rings. The Morgan fingerprint density at radius 3 is 2.38 bits per heavy atom. The van der Waals surface area contributed by atoms with Crippen LogP contribution in [0.25, 0.3) is 27.7 Å². The van der Waals surface area contributed by atoms with Gasteiger partial charge in [0.05, 0.1) is 31.9 Å². The molecule has 7 nitrogen and oxygen atoms in total. The molecule has 0 atom stereocenters. The molecule has 8 heteroatoms. The average Bonchev–Trinajstić information content (AvgIpc) is 3.35. The number of benzene rings is 1. The van der Waals surface area contributed by atoms with Crippen LogP contribution < -0.4 is 14.2 Å². The van der Waals surface area contributed by atoms with Gasteiger partial charge in [0.15, 0.2) is 17.3 Å². The van der Waals surface area contributed by atoms with E-state index >= 15 is 0 Å². The summed E-state index contributed by atoms with van der Waals surface area (Å²) in [4.78, 5) is 9.97. The first-order valence-corrected chi connectivity index (χ1v) is 8.69. The normalized spacial score (nSPS) is 10.9. The third-order valence-electron chi connectivity index (χ3n) is 3.94. The molecule has 4 aromatic rings. The monoisotopic (exact) mass is 368 g/mol. The van der Waals surface area contributed by atoms with E-state index in [0.29, 0.717) is 28.9 Å². The van der Waals surface area contributed by atoms with Crippen molar-refractivity contribution in [2.45, 2.75) is 0 Å². The zero-order chi connectivity index (χ0) is 18.1. The summed E-state index contributed by atoms with van der Waals surface area (Å²) in [5.41, 5.74) is 1.69. The van der Waals surface area contributed by atoms with Crippen molar-refractivity contribution in [3.8, 4) is 39.2 Å². The largest absolute Gasteiger partial charge is 0.493 e. The van der Waals surface area contributed by atoms with Crippen LogP contribution in [0.15, 0.2) is 41.9 Å². The van der Waals surface area contributed by atoms with Gasteiger partial charge in [0.1, 0.15) is 0 Å². The molecule has 0 bridgehead atoms. The van der Waals surface area contributed by atoms with Gasteiger partial charge in [-0.15, -0.1) is 16.4 Å². The zero-order valence-electron chi connectivity index (χ0n) is 14.5. The Hall–Kier alpha value is -3.13. The summed E-state index contributed by atoms with van der Waals surface area (Å²) < 4.78 is 17.9. The molecule has 0 aliphatic heterocycles. The van der Waals surface area contributed by atoms with Crippen molar-refractivity contribution in [1.82, 2.24) is 19.6 Å². The molecule has 4 rings (SSSR count). The van der Waals surface area contributed by atoms with E-state index in [2.05, 4.69) is 15.1 Å². The Balaban J connectivity index is 1.89. The summed E-state index contributed by atoms with van der Waals surface area (Å²) in [6.07, 6.45) is 1.73. The van der Waals surface area contributed by atoms with E-state index in [1.54, 1.807) is 43.4 Å². The van der Waals surface area contributed by atoms with Crippen LogP contribution in [-0.4, -0.2) is 40.9 Å². The highest BCUT2D eigenvalue weighted by atomic mass is 32.1. The van der Waals surface area contributed by atoms with E-state index in [1.165, 1.54) is 0 Å². The quantitative estimate of drug-likeness (QED) is 0.537.